The van der Waals surface area contributed by atoms with Crippen molar-refractivity contribution >= 4 is 21.8 Å². The maximum atomic E-state index is 2.40. The Balaban J connectivity index is 1.46. The fraction of sp³-hybridized carbons (Fsp3) is 0.125. The van der Waals surface area contributed by atoms with Gasteiger partial charge in [0.1, 0.15) is 0 Å². The summed E-state index contributed by atoms with van der Waals surface area (Å²) in [6.07, 6.45) is 8.80. The minimum Gasteiger partial charge on any atom is -0.309 e. The predicted molar refractivity (Wildman–Crippen MR) is 140 cm³/mol. The number of hydrogen-bond acceptors (Lipinski definition) is 0. The zero-order valence-electron chi connectivity index (χ0n) is 18.9. The van der Waals surface area contributed by atoms with Crippen molar-refractivity contribution < 1.29 is 0 Å². The van der Waals surface area contributed by atoms with Gasteiger partial charge in [0.05, 0.1) is 11.0 Å². The van der Waals surface area contributed by atoms with E-state index in [-0.39, 0.29) is 5.41 Å². The zero-order chi connectivity index (χ0) is 22.3. The van der Waals surface area contributed by atoms with Crippen molar-refractivity contribution in [3.05, 3.63) is 138 Å². The van der Waals surface area contributed by atoms with Gasteiger partial charge in [-0.15, -0.1) is 0 Å². The van der Waals surface area contributed by atoms with E-state index in [1.807, 2.05) is 0 Å². The Bertz CT molecular complexity index is 1450. The Labute approximate surface area is 195 Å². The first kappa shape index (κ1) is 19.8. The lowest BCUT2D eigenvalue weighted by Crippen LogP contribution is -2.27. The summed E-state index contributed by atoms with van der Waals surface area (Å²) in [7, 11) is 0. The van der Waals surface area contributed by atoms with Gasteiger partial charge in [0.25, 0.3) is 0 Å². The van der Waals surface area contributed by atoms with E-state index in [1.54, 1.807) is 0 Å². The number of allylic oxidation sites excluding steroid dienone is 4. The molecule has 0 radical (unpaired) electrons. The molecule has 1 nitrogen and oxygen atoms in total. The average Bonchev–Trinajstić information content (AvgIpc) is 3.52. The van der Waals surface area contributed by atoms with E-state index < -0.39 is 0 Å². The zero-order valence-corrected chi connectivity index (χ0v) is 18.9. The second-order valence-corrected chi connectivity index (χ2v) is 9.24. The molecular formula is C32H27N. The van der Waals surface area contributed by atoms with Crippen LogP contribution in [-0.2, 0) is 11.8 Å². The highest BCUT2D eigenvalue weighted by Gasteiger charge is 2.31. The smallest absolute Gasteiger partial charge is 0.0541 e. The molecule has 160 valence electrons. The molecule has 5 aromatic rings. The van der Waals surface area contributed by atoms with Crippen LogP contribution in [0.1, 0.15) is 24.5 Å². The van der Waals surface area contributed by atoms with Crippen molar-refractivity contribution in [2.45, 2.75) is 25.2 Å². The topological polar surface area (TPSA) is 4.93 Å². The average molecular weight is 426 g/mol. The minimum absolute atomic E-state index is 0.0375. The van der Waals surface area contributed by atoms with Crippen LogP contribution in [-0.4, -0.2) is 4.57 Å². The number of fused-ring (bicyclic) bond motifs is 3. The highest BCUT2D eigenvalue weighted by atomic mass is 15.0. The van der Waals surface area contributed by atoms with Crippen LogP contribution < -0.4 is 0 Å². The van der Waals surface area contributed by atoms with E-state index in [4.69, 9.17) is 0 Å². The molecule has 1 heterocycles. The Morgan fingerprint density at radius 3 is 1.91 bits per heavy atom. The molecule has 0 spiro atoms. The second-order valence-electron chi connectivity index (χ2n) is 9.24. The molecule has 0 aliphatic heterocycles. The summed E-state index contributed by atoms with van der Waals surface area (Å²) in [5.74, 6) is 0. The normalized spacial score (nSPS) is 15.1. The quantitative estimate of drug-likeness (QED) is 0.268. The van der Waals surface area contributed by atoms with Gasteiger partial charge in [-0.2, -0.15) is 0 Å². The monoisotopic (exact) mass is 425 g/mol. The van der Waals surface area contributed by atoms with Gasteiger partial charge in [-0.3, -0.25) is 0 Å². The molecule has 4 aromatic carbocycles. The van der Waals surface area contributed by atoms with Crippen LogP contribution in [0.4, 0.5) is 0 Å². The maximum absolute atomic E-state index is 2.40. The number of rotatable bonds is 5. The first-order valence-corrected chi connectivity index (χ1v) is 11.7. The van der Waals surface area contributed by atoms with Gasteiger partial charge >= 0.3 is 0 Å². The third-order valence-electron chi connectivity index (χ3n) is 7.22. The van der Waals surface area contributed by atoms with Gasteiger partial charge in [-0.05, 0) is 48.2 Å². The molecule has 0 N–H and O–H groups in total. The number of benzene rings is 4. The number of hydrogen-bond donors (Lipinski definition) is 0. The second kappa shape index (κ2) is 7.94. The van der Waals surface area contributed by atoms with Crippen molar-refractivity contribution in [2.75, 3.05) is 0 Å². The standard InChI is InChI=1S/C32H27N/c1-32(25-13-5-6-14-25,23-24-11-3-2-4-12-24)26-19-21-27(22-20-26)33-30-17-9-7-15-28(30)29-16-8-10-18-31(29)33/h2-13,15-22H,14,23H2,1H3. The van der Waals surface area contributed by atoms with Gasteiger partial charge in [0.15, 0.2) is 0 Å². The van der Waals surface area contributed by atoms with Gasteiger partial charge < -0.3 is 4.57 Å². The number of nitrogens with zero attached hydrogens (tertiary/aromatic N) is 1. The molecular weight excluding hydrogens is 398 g/mol. The van der Waals surface area contributed by atoms with Crippen molar-refractivity contribution in [3.63, 3.8) is 0 Å². The molecule has 0 fully saturated rings. The van der Waals surface area contributed by atoms with E-state index in [0.29, 0.717) is 0 Å². The van der Waals surface area contributed by atoms with Gasteiger partial charge in [-0.1, -0.05) is 110 Å². The number of para-hydroxylation sites is 2. The molecule has 1 heteroatoms. The molecule has 33 heavy (non-hydrogen) atoms. The van der Waals surface area contributed by atoms with Crippen LogP contribution >= 0.6 is 0 Å². The molecule has 1 atom stereocenters. The molecule has 0 saturated heterocycles. The molecule has 1 aliphatic carbocycles. The van der Waals surface area contributed by atoms with E-state index in [2.05, 4.69) is 133 Å². The lowest BCUT2D eigenvalue weighted by molar-refractivity contribution is 0.545. The van der Waals surface area contributed by atoms with Crippen LogP contribution in [0, 0.1) is 0 Å². The number of aromatic nitrogens is 1. The fourth-order valence-corrected chi connectivity index (χ4v) is 5.44. The molecule has 0 bridgehead atoms. The van der Waals surface area contributed by atoms with Gasteiger partial charge in [0, 0.05) is 21.9 Å². The van der Waals surface area contributed by atoms with E-state index in [1.165, 1.54) is 44.2 Å². The highest BCUT2D eigenvalue weighted by molar-refractivity contribution is 6.09. The van der Waals surface area contributed by atoms with Crippen LogP contribution in [0.25, 0.3) is 27.5 Å². The Kier molecular flexibility index (Phi) is 4.77. The van der Waals surface area contributed by atoms with E-state index in [9.17, 15) is 0 Å². The highest BCUT2D eigenvalue weighted by Crippen LogP contribution is 2.40. The molecule has 0 amide bonds. The summed E-state index contributed by atoms with van der Waals surface area (Å²) in [5, 5.41) is 2.60. The van der Waals surface area contributed by atoms with E-state index in [0.717, 1.165) is 12.8 Å². The summed E-state index contributed by atoms with van der Waals surface area (Å²) in [4.78, 5) is 0. The Morgan fingerprint density at radius 1 is 0.697 bits per heavy atom. The van der Waals surface area contributed by atoms with E-state index >= 15 is 0 Å². The minimum atomic E-state index is -0.0375. The summed E-state index contributed by atoms with van der Waals surface area (Å²) >= 11 is 0. The van der Waals surface area contributed by atoms with Crippen molar-refractivity contribution in [2.24, 2.45) is 0 Å². The van der Waals surface area contributed by atoms with Crippen LogP contribution in [0.3, 0.4) is 0 Å². The molecule has 1 aromatic heterocycles. The fourth-order valence-electron chi connectivity index (χ4n) is 5.44. The lowest BCUT2D eigenvalue weighted by atomic mass is 9.71. The molecule has 0 saturated carbocycles. The van der Waals surface area contributed by atoms with Crippen molar-refractivity contribution in [3.8, 4) is 5.69 Å². The summed E-state index contributed by atoms with van der Waals surface area (Å²) in [6, 6.07) is 37.5. The van der Waals surface area contributed by atoms with Crippen molar-refractivity contribution in [1.82, 2.24) is 4.57 Å². The predicted octanol–water partition coefficient (Wildman–Crippen LogP) is 8.17. The molecule has 6 rings (SSSR count). The molecule has 1 aliphatic rings. The van der Waals surface area contributed by atoms with Crippen LogP contribution in [0.5, 0.6) is 0 Å². The van der Waals surface area contributed by atoms with Crippen LogP contribution in [0.2, 0.25) is 0 Å². The van der Waals surface area contributed by atoms with Gasteiger partial charge in [0.2, 0.25) is 0 Å². The maximum Gasteiger partial charge on any atom is 0.0541 e. The third-order valence-corrected chi connectivity index (χ3v) is 7.22. The third kappa shape index (κ3) is 3.32. The SMILES string of the molecule is CC(Cc1ccccc1)(C1=CC=CC1)c1ccc(-n2c3ccccc3c3ccccc32)cc1. The summed E-state index contributed by atoms with van der Waals surface area (Å²) in [6.45, 7) is 2.40. The largest absolute Gasteiger partial charge is 0.309 e. The van der Waals surface area contributed by atoms with Crippen LogP contribution in [0.15, 0.2) is 127 Å². The lowest BCUT2D eigenvalue weighted by Gasteiger charge is -2.33. The first-order chi connectivity index (χ1) is 16.2. The summed E-state index contributed by atoms with van der Waals surface area (Å²) < 4.78 is 2.39. The molecule has 1 unspecified atom stereocenters. The Morgan fingerprint density at radius 2 is 1.30 bits per heavy atom. The van der Waals surface area contributed by atoms with Crippen molar-refractivity contribution in [1.29, 1.82) is 0 Å². The first-order valence-electron chi connectivity index (χ1n) is 11.7. The Hall–Kier alpha value is -3.84. The summed E-state index contributed by atoms with van der Waals surface area (Å²) in [5.41, 5.74) is 7.89. The van der Waals surface area contributed by atoms with Gasteiger partial charge in [-0.25, -0.2) is 0 Å².